The van der Waals surface area contributed by atoms with Gasteiger partial charge in [0.15, 0.2) is 5.65 Å². The highest BCUT2D eigenvalue weighted by molar-refractivity contribution is 5.94. The van der Waals surface area contributed by atoms with E-state index < -0.39 is 5.60 Å². The van der Waals surface area contributed by atoms with E-state index in [1.54, 1.807) is 15.6 Å². The van der Waals surface area contributed by atoms with E-state index in [1.165, 1.54) is 0 Å². The largest absolute Gasteiger partial charge is 0.444 e. The number of ether oxygens (including phenoxy) is 1. The number of likely N-dealkylation sites (tertiary alicyclic amines) is 1. The Kier molecular flexibility index (Phi) is 6.17. The highest BCUT2D eigenvalue weighted by Crippen LogP contribution is 2.30. The van der Waals surface area contributed by atoms with E-state index in [0.29, 0.717) is 26.1 Å². The van der Waals surface area contributed by atoms with Crippen molar-refractivity contribution < 1.29 is 14.3 Å². The van der Waals surface area contributed by atoms with Crippen molar-refractivity contribution in [1.82, 2.24) is 24.4 Å². The van der Waals surface area contributed by atoms with Gasteiger partial charge in [0.05, 0.1) is 12.2 Å². The second-order valence-corrected chi connectivity index (χ2v) is 9.19. The van der Waals surface area contributed by atoms with Crippen LogP contribution in [-0.2, 0) is 9.53 Å². The molecule has 1 fully saturated rings. The van der Waals surface area contributed by atoms with Crippen LogP contribution in [0.5, 0.6) is 0 Å². The molecule has 1 atom stereocenters. The van der Waals surface area contributed by atoms with Crippen LogP contribution < -0.4 is 0 Å². The van der Waals surface area contributed by atoms with Gasteiger partial charge in [-0.3, -0.25) is 4.79 Å². The highest BCUT2D eigenvalue weighted by Gasteiger charge is 2.28. The summed E-state index contributed by atoms with van der Waals surface area (Å²) in [6.45, 7) is 7.21. The van der Waals surface area contributed by atoms with Crippen molar-refractivity contribution in [3.05, 3.63) is 41.9 Å². The van der Waals surface area contributed by atoms with E-state index in [4.69, 9.17) is 4.74 Å². The number of amides is 2. The molecule has 2 amide bonds. The molecule has 32 heavy (non-hydrogen) atoms. The molecule has 0 aromatic carbocycles. The van der Waals surface area contributed by atoms with Gasteiger partial charge < -0.3 is 14.5 Å². The molecule has 0 spiro atoms. The van der Waals surface area contributed by atoms with Crippen molar-refractivity contribution in [1.29, 1.82) is 0 Å². The Hall–Kier alpha value is -3.34. The van der Waals surface area contributed by atoms with Gasteiger partial charge in [0.2, 0.25) is 0 Å². The fourth-order valence-electron chi connectivity index (χ4n) is 4.00. The van der Waals surface area contributed by atoms with Crippen LogP contribution >= 0.6 is 0 Å². The van der Waals surface area contributed by atoms with E-state index in [9.17, 15) is 9.59 Å². The number of piperidine rings is 1. The third-order valence-corrected chi connectivity index (χ3v) is 5.61. The average molecular weight is 436 g/mol. The summed E-state index contributed by atoms with van der Waals surface area (Å²) in [6.07, 6.45) is 10.6. The second-order valence-electron chi connectivity index (χ2n) is 9.19. The fourth-order valence-corrected chi connectivity index (χ4v) is 4.00. The first-order valence-corrected chi connectivity index (χ1v) is 11.1. The molecule has 1 unspecified atom stereocenters. The van der Waals surface area contributed by atoms with Crippen molar-refractivity contribution in [3.63, 3.8) is 0 Å². The molecule has 1 saturated heterocycles. The van der Waals surface area contributed by atoms with Crippen molar-refractivity contribution >= 4 is 17.6 Å². The molecule has 4 heterocycles. The summed E-state index contributed by atoms with van der Waals surface area (Å²) in [5.74, 6) is 5.68. The van der Waals surface area contributed by atoms with Crippen LogP contribution in [-0.4, -0.2) is 61.6 Å². The molecule has 0 N–H and O–H groups in total. The van der Waals surface area contributed by atoms with Gasteiger partial charge in [-0.15, -0.1) is 0 Å². The minimum absolute atomic E-state index is 0.0466. The molecule has 0 radical (unpaired) electrons. The maximum Gasteiger partial charge on any atom is 0.410 e. The highest BCUT2D eigenvalue weighted by atomic mass is 16.6. The van der Waals surface area contributed by atoms with Crippen molar-refractivity contribution in [3.8, 4) is 11.8 Å². The molecule has 0 saturated carbocycles. The SMILES string of the molecule is CC(C)(C)OC(=O)N1CC=C(C#CC(=O)N2CCCCC2c2cnc3ccnn3c2)CC1. The van der Waals surface area contributed by atoms with Crippen LogP contribution in [0.25, 0.3) is 5.65 Å². The first-order chi connectivity index (χ1) is 15.3. The number of carbonyl (C=O) groups excluding carboxylic acids is 2. The smallest absolute Gasteiger partial charge is 0.410 e. The summed E-state index contributed by atoms with van der Waals surface area (Å²) in [6, 6.07) is 1.80. The van der Waals surface area contributed by atoms with Crippen molar-refractivity contribution in [2.45, 2.75) is 58.1 Å². The quantitative estimate of drug-likeness (QED) is 0.642. The van der Waals surface area contributed by atoms with Crippen LogP contribution in [0, 0.1) is 11.8 Å². The third-order valence-electron chi connectivity index (χ3n) is 5.61. The normalized spacial score (nSPS) is 19.2. The van der Waals surface area contributed by atoms with E-state index >= 15 is 0 Å². The molecule has 2 aliphatic rings. The molecule has 8 heteroatoms. The summed E-state index contributed by atoms with van der Waals surface area (Å²) >= 11 is 0. The number of carbonyl (C=O) groups is 2. The standard InChI is InChI=1S/C24H29N5O3/c1-24(2,3)32-23(31)27-14-10-18(11-15-27)7-8-22(30)28-13-5-4-6-20(28)19-16-25-21-9-12-26-29(21)17-19/h9-10,12,16-17,20H,4-6,11,13-15H2,1-3H3. The minimum atomic E-state index is -0.518. The second kappa shape index (κ2) is 9.03. The third kappa shape index (κ3) is 5.10. The zero-order chi connectivity index (χ0) is 22.7. The van der Waals surface area contributed by atoms with Gasteiger partial charge in [-0.2, -0.15) is 5.10 Å². The van der Waals surface area contributed by atoms with E-state index in [0.717, 1.165) is 36.0 Å². The molecule has 4 rings (SSSR count). The first-order valence-electron chi connectivity index (χ1n) is 11.1. The predicted molar refractivity (Wildman–Crippen MR) is 120 cm³/mol. The zero-order valence-corrected chi connectivity index (χ0v) is 18.9. The predicted octanol–water partition coefficient (Wildman–Crippen LogP) is 3.35. The summed E-state index contributed by atoms with van der Waals surface area (Å²) in [4.78, 5) is 33.1. The zero-order valence-electron chi connectivity index (χ0n) is 18.9. The number of aromatic nitrogens is 3. The Morgan fingerprint density at radius 1 is 1.22 bits per heavy atom. The lowest BCUT2D eigenvalue weighted by Gasteiger charge is -2.34. The van der Waals surface area contributed by atoms with Crippen LogP contribution in [0.15, 0.2) is 36.3 Å². The van der Waals surface area contributed by atoms with Crippen LogP contribution in [0.2, 0.25) is 0 Å². The first kappa shape index (κ1) is 21.9. The van der Waals surface area contributed by atoms with Crippen LogP contribution in [0.1, 0.15) is 58.1 Å². The summed E-state index contributed by atoms with van der Waals surface area (Å²) in [7, 11) is 0. The molecule has 8 nitrogen and oxygen atoms in total. The van der Waals surface area contributed by atoms with Crippen molar-refractivity contribution in [2.24, 2.45) is 0 Å². The monoisotopic (exact) mass is 435 g/mol. The van der Waals surface area contributed by atoms with Crippen molar-refractivity contribution in [2.75, 3.05) is 19.6 Å². The average Bonchev–Trinajstić information content (AvgIpc) is 3.24. The Labute approximate surface area is 188 Å². The molecular weight excluding hydrogens is 406 g/mol. The molecule has 2 aliphatic heterocycles. The maximum atomic E-state index is 13.0. The Bertz CT molecular complexity index is 1100. The molecule has 2 aromatic rings. The van der Waals surface area contributed by atoms with E-state index in [2.05, 4.69) is 21.9 Å². The fraction of sp³-hybridized carbons (Fsp3) is 0.500. The van der Waals surface area contributed by atoms with Gasteiger partial charge in [-0.25, -0.2) is 14.3 Å². The number of rotatable bonds is 1. The molecule has 0 bridgehead atoms. The van der Waals surface area contributed by atoms with Gasteiger partial charge in [-0.1, -0.05) is 12.0 Å². The molecule has 0 aliphatic carbocycles. The summed E-state index contributed by atoms with van der Waals surface area (Å²) in [5, 5.41) is 4.26. The van der Waals surface area contributed by atoms with Gasteiger partial charge in [0.25, 0.3) is 5.91 Å². The Morgan fingerprint density at radius 2 is 2.06 bits per heavy atom. The number of fused-ring (bicyclic) bond motifs is 1. The summed E-state index contributed by atoms with van der Waals surface area (Å²) < 4.78 is 7.15. The van der Waals surface area contributed by atoms with Gasteiger partial charge >= 0.3 is 6.09 Å². The van der Waals surface area contributed by atoms with Crippen LogP contribution in [0.3, 0.4) is 0 Å². The van der Waals surface area contributed by atoms with Gasteiger partial charge in [0, 0.05) is 55.2 Å². The van der Waals surface area contributed by atoms with Gasteiger partial charge in [0.1, 0.15) is 5.60 Å². The molecular formula is C24H29N5O3. The van der Waals surface area contributed by atoms with Gasteiger partial charge in [-0.05, 0) is 46.5 Å². The number of hydrogen-bond donors (Lipinski definition) is 0. The summed E-state index contributed by atoms with van der Waals surface area (Å²) in [5.41, 5.74) is 2.12. The van der Waals surface area contributed by atoms with Crippen LogP contribution in [0.4, 0.5) is 4.79 Å². The Balaban J connectivity index is 1.42. The Morgan fingerprint density at radius 3 is 2.81 bits per heavy atom. The lowest BCUT2D eigenvalue weighted by Crippen LogP contribution is -2.39. The van der Waals surface area contributed by atoms with E-state index in [1.807, 2.05) is 50.2 Å². The minimum Gasteiger partial charge on any atom is -0.444 e. The maximum absolute atomic E-state index is 13.0. The topological polar surface area (TPSA) is 80.0 Å². The lowest BCUT2D eigenvalue weighted by molar-refractivity contribution is -0.128. The number of hydrogen-bond acceptors (Lipinski definition) is 5. The lowest BCUT2D eigenvalue weighted by atomic mass is 9.97. The molecule has 2 aromatic heterocycles. The number of nitrogens with zero attached hydrogens (tertiary/aromatic N) is 5. The molecule has 168 valence electrons. The van der Waals surface area contributed by atoms with E-state index in [-0.39, 0.29) is 18.0 Å².